The van der Waals surface area contributed by atoms with Gasteiger partial charge in [0.05, 0.1) is 34.3 Å². The van der Waals surface area contributed by atoms with E-state index in [1.54, 1.807) is 14.0 Å². The Morgan fingerprint density at radius 1 is 0.585 bits per heavy atom. The molecule has 1 N–H and O–H groups in total. The van der Waals surface area contributed by atoms with Crippen molar-refractivity contribution >= 4 is 37.2 Å². The van der Waals surface area contributed by atoms with Crippen LogP contribution >= 0.6 is 0 Å². The summed E-state index contributed by atoms with van der Waals surface area (Å²) in [6.45, 7) is 20.6. The molecule has 352 valence electrons. The molecule has 4 aromatic rings. The molecule has 11 heteroatoms. The third-order valence-corrected chi connectivity index (χ3v) is 18.9. The first-order valence-corrected chi connectivity index (χ1v) is 26.3. The number of methoxy groups -OCH3 is 1. The predicted octanol–water partition coefficient (Wildman–Crippen LogP) is 10.1. The summed E-state index contributed by atoms with van der Waals surface area (Å²) in [6, 6.07) is 29.5. The number of hydrogen-bond acceptors (Lipinski definition) is 9. The minimum Gasteiger partial charge on any atom is -0.463 e. The topological polar surface area (TPSA) is 120 Å². The molecule has 0 aromatic heterocycles. The summed E-state index contributed by atoms with van der Waals surface area (Å²) < 4.78 is 22.1. The number of aryl methyl sites for hydroxylation is 4. The summed E-state index contributed by atoms with van der Waals surface area (Å²) in [7, 11) is 0.603. The van der Waals surface area contributed by atoms with Crippen LogP contribution in [0.25, 0.3) is 22.3 Å². The summed E-state index contributed by atoms with van der Waals surface area (Å²) >= 11 is 0. The SMILES string of the molecule is CC[Si](CC)(CC)CCCN(CCOC)CCOCC(=O)Cc1ccc(-c2ccc(NC(=O)COCCOC(=O)Cc3ccc(-c4ccc(CC(C)=O)c(C)c4)cc3C)c(C)c2)cc1C. The third kappa shape index (κ3) is 17.2. The van der Waals surface area contributed by atoms with Crippen molar-refractivity contribution in [2.45, 2.75) is 105 Å². The van der Waals surface area contributed by atoms with Crippen molar-refractivity contribution in [3.8, 4) is 22.3 Å². The lowest BCUT2D eigenvalue weighted by Crippen LogP contribution is -2.35. The predicted molar refractivity (Wildman–Crippen MR) is 266 cm³/mol. The molecule has 0 radical (unpaired) electrons. The normalized spacial score (nSPS) is 11.5. The van der Waals surface area contributed by atoms with E-state index in [2.05, 4.69) is 49.2 Å². The van der Waals surface area contributed by atoms with Gasteiger partial charge in [0.25, 0.3) is 0 Å². The van der Waals surface area contributed by atoms with Crippen LogP contribution in [0.2, 0.25) is 24.2 Å². The van der Waals surface area contributed by atoms with Gasteiger partial charge >= 0.3 is 5.97 Å². The zero-order valence-corrected chi connectivity index (χ0v) is 41.7. The number of anilines is 1. The Hall–Kier alpha value is -4.78. The molecule has 0 aliphatic rings. The van der Waals surface area contributed by atoms with Crippen LogP contribution in [0.5, 0.6) is 0 Å². The van der Waals surface area contributed by atoms with Crippen LogP contribution in [0.4, 0.5) is 5.69 Å². The number of nitrogens with one attached hydrogen (secondary N) is 1. The van der Waals surface area contributed by atoms with Crippen molar-refractivity contribution in [3.05, 3.63) is 112 Å². The molecule has 0 fully saturated rings. The number of ketones is 2. The van der Waals surface area contributed by atoms with Crippen LogP contribution in [-0.4, -0.2) is 103 Å². The molecule has 0 aliphatic carbocycles. The lowest BCUT2D eigenvalue weighted by atomic mass is 9.95. The Kier molecular flexibility index (Phi) is 21.9. The summed E-state index contributed by atoms with van der Waals surface area (Å²) in [5, 5.41) is 2.91. The number of amides is 1. The lowest BCUT2D eigenvalue weighted by molar-refractivity contribution is -0.144. The Morgan fingerprint density at radius 2 is 1.09 bits per heavy atom. The number of carbonyl (C=O) groups excluding carboxylic acids is 4. The summed E-state index contributed by atoms with van der Waals surface area (Å²) in [6.07, 6.45) is 2.09. The molecule has 1 amide bonds. The number of nitrogens with zero attached hydrogens (tertiary/aromatic N) is 1. The van der Waals surface area contributed by atoms with Gasteiger partial charge in [-0.15, -0.1) is 0 Å². The van der Waals surface area contributed by atoms with Crippen molar-refractivity contribution in [1.82, 2.24) is 4.90 Å². The van der Waals surface area contributed by atoms with Gasteiger partial charge < -0.3 is 24.3 Å². The molecule has 0 aliphatic heterocycles. The van der Waals surface area contributed by atoms with Crippen LogP contribution in [0.3, 0.4) is 0 Å². The van der Waals surface area contributed by atoms with Crippen LogP contribution in [-0.2, 0) is 57.4 Å². The van der Waals surface area contributed by atoms with Crippen LogP contribution in [0.1, 0.15) is 73.1 Å². The first-order valence-electron chi connectivity index (χ1n) is 23.4. The molecule has 0 saturated carbocycles. The second kappa shape index (κ2) is 27.0. The number of carbonyl (C=O) groups is 4. The lowest BCUT2D eigenvalue weighted by Gasteiger charge is -2.29. The van der Waals surface area contributed by atoms with E-state index in [1.807, 2.05) is 82.3 Å². The van der Waals surface area contributed by atoms with E-state index in [4.69, 9.17) is 18.9 Å². The first-order chi connectivity index (χ1) is 31.2. The van der Waals surface area contributed by atoms with Gasteiger partial charge in [0.1, 0.15) is 25.6 Å². The number of rotatable bonds is 29. The van der Waals surface area contributed by atoms with Crippen LogP contribution in [0, 0.1) is 27.7 Å². The molecule has 0 bridgehead atoms. The van der Waals surface area contributed by atoms with Crippen molar-refractivity contribution < 1.29 is 38.1 Å². The smallest absolute Gasteiger partial charge is 0.310 e. The maximum absolute atomic E-state index is 12.9. The first kappa shape index (κ1) is 52.8. The quantitative estimate of drug-likeness (QED) is 0.0323. The number of Topliss-reactive ketones (excluding diaryl/α,β-unsaturated/α-hetero) is 2. The standard InChI is InChI=1S/C54H74N2O8Si/c1-10-65(11-2,12-3)29-13-22-56(23-25-61-9)24-26-62-37-51(58)35-45-15-18-49(31-40(45)5)50-20-21-52(42(7)33-50)55-53(59)38-63-27-28-64-54(60)36-46-16-19-48(32-41(46)6)47-17-14-44(34-43(8)57)39(4)30-47/h14-21,30-33H,10-13,22-29,34-38H2,1-9H3,(H,55,59). The van der Waals surface area contributed by atoms with Gasteiger partial charge in [-0.2, -0.15) is 0 Å². The van der Waals surface area contributed by atoms with Crippen LogP contribution < -0.4 is 5.32 Å². The highest BCUT2D eigenvalue weighted by atomic mass is 28.3. The number of benzene rings is 4. The maximum Gasteiger partial charge on any atom is 0.310 e. The highest BCUT2D eigenvalue weighted by molar-refractivity contribution is 6.79. The number of ether oxygens (including phenoxy) is 4. The number of hydrogen-bond donors (Lipinski definition) is 1. The van der Waals surface area contributed by atoms with E-state index < -0.39 is 8.07 Å². The van der Waals surface area contributed by atoms with Gasteiger partial charge in [0.2, 0.25) is 5.91 Å². The minimum atomic E-state index is -1.13. The number of esters is 1. The molecular weight excluding hydrogens is 833 g/mol. The van der Waals surface area contributed by atoms with E-state index in [0.29, 0.717) is 31.7 Å². The Labute approximate surface area is 389 Å². The molecule has 10 nitrogen and oxygen atoms in total. The molecule has 0 saturated heterocycles. The highest BCUT2D eigenvalue weighted by Gasteiger charge is 2.26. The summed E-state index contributed by atoms with van der Waals surface area (Å²) in [5.41, 5.74) is 11.7. The molecule has 0 spiro atoms. The van der Waals surface area contributed by atoms with Gasteiger partial charge in [-0.3, -0.25) is 24.1 Å². The fourth-order valence-corrected chi connectivity index (χ4v) is 11.9. The molecule has 0 unspecified atom stereocenters. The fourth-order valence-electron chi connectivity index (χ4n) is 8.40. The summed E-state index contributed by atoms with van der Waals surface area (Å²) in [4.78, 5) is 52.2. The maximum atomic E-state index is 12.9. The average molecular weight is 907 g/mol. The zero-order chi connectivity index (χ0) is 47.4. The molecule has 65 heavy (non-hydrogen) atoms. The van der Waals surface area contributed by atoms with Crippen molar-refractivity contribution in [1.29, 1.82) is 0 Å². The van der Waals surface area contributed by atoms with E-state index >= 15 is 0 Å². The van der Waals surface area contributed by atoms with E-state index in [-0.39, 0.29) is 56.3 Å². The fraction of sp³-hybridized carbons (Fsp3) is 0.481. The Bertz CT molecular complexity index is 2190. The Balaban J connectivity index is 1.15. The van der Waals surface area contributed by atoms with Crippen molar-refractivity contribution in [3.63, 3.8) is 0 Å². The molecule has 0 heterocycles. The van der Waals surface area contributed by atoms with Crippen molar-refractivity contribution in [2.75, 3.05) is 71.7 Å². The summed E-state index contributed by atoms with van der Waals surface area (Å²) in [5.74, 6) is -0.473. The monoisotopic (exact) mass is 907 g/mol. The molecule has 4 aromatic carbocycles. The average Bonchev–Trinajstić information content (AvgIpc) is 3.28. The second-order valence-electron chi connectivity index (χ2n) is 17.6. The van der Waals surface area contributed by atoms with Gasteiger partial charge in [-0.05, 0) is 121 Å². The molecule has 0 atom stereocenters. The second-order valence-corrected chi connectivity index (χ2v) is 23.2. The van der Waals surface area contributed by atoms with Gasteiger partial charge in [0.15, 0.2) is 5.78 Å². The van der Waals surface area contributed by atoms with Gasteiger partial charge in [-0.1, -0.05) is 106 Å². The minimum absolute atomic E-state index is 0.0385. The highest BCUT2D eigenvalue weighted by Crippen LogP contribution is 2.29. The van der Waals surface area contributed by atoms with Gasteiger partial charge in [0, 0.05) is 38.7 Å². The van der Waals surface area contributed by atoms with Crippen molar-refractivity contribution in [2.24, 2.45) is 0 Å². The van der Waals surface area contributed by atoms with Gasteiger partial charge in [-0.25, -0.2) is 0 Å². The van der Waals surface area contributed by atoms with Crippen LogP contribution in [0.15, 0.2) is 72.8 Å². The largest absolute Gasteiger partial charge is 0.463 e. The molecular formula is C54H74N2O8Si. The van der Waals surface area contributed by atoms with E-state index in [1.165, 1.54) is 30.6 Å². The Morgan fingerprint density at radius 3 is 1.62 bits per heavy atom. The zero-order valence-electron chi connectivity index (χ0n) is 40.7. The molecule has 4 rings (SSSR count). The van der Waals surface area contributed by atoms with E-state index in [0.717, 1.165) is 80.8 Å². The third-order valence-electron chi connectivity index (χ3n) is 12.9. The van der Waals surface area contributed by atoms with E-state index in [9.17, 15) is 19.2 Å².